The highest BCUT2D eigenvalue weighted by atomic mass is 16.3. The van der Waals surface area contributed by atoms with Crippen LogP contribution in [0.2, 0.25) is 0 Å². The van der Waals surface area contributed by atoms with Crippen LogP contribution in [-0.4, -0.2) is 57.3 Å². The summed E-state index contributed by atoms with van der Waals surface area (Å²) in [6, 6.07) is -1.01. The number of hydrogen-bond acceptors (Lipinski definition) is 5. The van der Waals surface area contributed by atoms with Crippen molar-refractivity contribution in [2.75, 3.05) is 6.61 Å². The predicted octanol–water partition coefficient (Wildman–Crippen LogP) is 11.9. The van der Waals surface area contributed by atoms with E-state index in [1.54, 1.807) is 0 Å². The van der Waals surface area contributed by atoms with E-state index in [0.29, 0.717) is 19.3 Å². The molecule has 0 aromatic rings. The Bertz CT molecular complexity index is 884. The maximum Gasteiger partial charge on any atom is 0.249 e. The summed E-state index contributed by atoms with van der Waals surface area (Å²) in [6.45, 7) is 4.02. The van der Waals surface area contributed by atoms with Gasteiger partial charge < -0.3 is 25.7 Å². The lowest BCUT2D eigenvalue weighted by atomic mass is 10.00. The SMILES string of the molecule is CCCCCCCC/C=C\CCCCCCCCC(O)C(=O)NC(CO)C(O)C(O)CCC/C=C/CC/C=C/CC/C=C/CCCCCCCCCC. The highest BCUT2D eigenvalue weighted by Gasteiger charge is 2.28. The molecule has 0 bridgehead atoms. The van der Waals surface area contributed by atoms with Crippen molar-refractivity contribution in [2.24, 2.45) is 0 Å². The average molecular weight is 746 g/mol. The molecule has 0 saturated heterocycles. The number of aliphatic hydroxyl groups is 4. The Labute approximate surface area is 328 Å². The van der Waals surface area contributed by atoms with E-state index in [-0.39, 0.29) is 0 Å². The maximum atomic E-state index is 12.5. The van der Waals surface area contributed by atoms with E-state index in [2.05, 4.69) is 67.8 Å². The molecule has 0 aromatic heterocycles. The number of carbonyl (C=O) groups is 1. The van der Waals surface area contributed by atoms with E-state index in [1.807, 2.05) is 0 Å². The Balaban J connectivity index is 3.84. The van der Waals surface area contributed by atoms with Crippen molar-refractivity contribution in [3.8, 4) is 0 Å². The standard InChI is InChI=1S/C47H87NO5/c1-3-5-7-9-11-13-15-17-19-21-22-23-24-25-27-28-30-32-34-36-38-40-44(50)46(52)43(42-49)48-47(53)45(51)41-39-37-35-33-31-29-26-20-18-16-14-12-10-8-6-4-2/h18,20-22,25,27,32,34,43-46,49-52H,3-17,19,23-24,26,28-31,33,35-42H2,1-2H3,(H,48,53)/b20-18-,22-21+,27-25+,34-32+. The van der Waals surface area contributed by atoms with Crippen molar-refractivity contribution in [3.05, 3.63) is 48.6 Å². The molecule has 0 rings (SSSR count). The third kappa shape index (κ3) is 35.7. The summed E-state index contributed by atoms with van der Waals surface area (Å²) in [5.41, 5.74) is 0. The summed E-state index contributed by atoms with van der Waals surface area (Å²) in [5, 5.41) is 43.6. The first-order valence-corrected chi connectivity index (χ1v) is 22.5. The number of aliphatic hydroxyl groups excluding tert-OH is 4. The monoisotopic (exact) mass is 746 g/mol. The minimum atomic E-state index is -1.30. The molecular formula is C47H87NO5. The lowest BCUT2D eigenvalue weighted by Crippen LogP contribution is -2.53. The van der Waals surface area contributed by atoms with E-state index in [0.717, 1.165) is 64.2 Å². The lowest BCUT2D eigenvalue weighted by Gasteiger charge is -2.27. The van der Waals surface area contributed by atoms with E-state index in [9.17, 15) is 25.2 Å². The molecule has 5 N–H and O–H groups in total. The molecule has 0 saturated carbocycles. The molecule has 4 unspecified atom stereocenters. The van der Waals surface area contributed by atoms with Crippen LogP contribution in [0.1, 0.15) is 213 Å². The van der Waals surface area contributed by atoms with Gasteiger partial charge in [-0.1, -0.05) is 172 Å². The molecule has 0 aliphatic rings. The molecule has 6 heteroatoms. The van der Waals surface area contributed by atoms with Crippen LogP contribution in [0.25, 0.3) is 0 Å². The Hall–Kier alpha value is -1.73. The number of nitrogens with one attached hydrogen (secondary N) is 1. The van der Waals surface area contributed by atoms with E-state index in [1.165, 1.54) is 116 Å². The van der Waals surface area contributed by atoms with Gasteiger partial charge in [0.1, 0.15) is 12.2 Å². The molecule has 53 heavy (non-hydrogen) atoms. The zero-order chi connectivity index (χ0) is 38.9. The second kappa shape index (κ2) is 41.4. The quantitative estimate of drug-likeness (QED) is 0.0317. The van der Waals surface area contributed by atoms with Gasteiger partial charge in [-0.3, -0.25) is 4.79 Å². The highest BCUT2D eigenvalue weighted by Crippen LogP contribution is 2.14. The minimum Gasteiger partial charge on any atom is -0.394 e. The lowest BCUT2D eigenvalue weighted by molar-refractivity contribution is -0.132. The summed E-state index contributed by atoms with van der Waals surface area (Å²) >= 11 is 0. The van der Waals surface area contributed by atoms with Gasteiger partial charge in [0.05, 0.1) is 18.8 Å². The van der Waals surface area contributed by atoms with Gasteiger partial charge >= 0.3 is 0 Å². The minimum absolute atomic E-state index is 0.350. The number of carbonyl (C=O) groups excluding carboxylic acids is 1. The summed E-state index contributed by atoms with van der Waals surface area (Å²) in [4.78, 5) is 12.5. The average Bonchev–Trinajstić information content (AvgIpc) is 3.16. The zero-order valence-electron chi connectivity index (χ0n) is 34.8. The van der Waals surface area contributed by atoms with Gasteiger partial charge in [0.25, 0.3) is 0 Å². The van der Waals surface area contributed by atoms with Gasteiger partial charge in [0.2, 0.25) is 5.91 Å². The summed E-state index contributed by atoms with van der Waals surface area (Å²) in [7, 11) is 0. The van der Waals surface area contributed by atoms with Crippen LogP contribution in [0, 0.1) is 0 Å². The van der Waals surface area contributed by atoms with E-state index < -0.39 is 36.9 Å². The number of hydrogen-bond donors (Lipinski definition) is 5. The Morgan fingerprint density at radius 3 is 1.19 bits per heavy atom. The van der Waals surface area contributed by atoms with Gasteiger partial charge in [0, 0.05) is 0 Å². The molecular weight excluding hydrogens is 659 g/mol. The van der Waals surface area contributed by atoms with Gasteiger partial charge in [-0.2, -0.15) is 0 Å². The molecule has 0 aliphatic heterocycles. The fraction of sp³-hybridized carbons (Fsp3) is 0.809. The third-order valence-electron chi connectivity index (χ3n) is 10.2. The first-order valence-electron chi connectivity index (χ1n) is 22.5. The van der Waals surface area contributed by atoms with Crippen molar-refractivity contribution in [1.29, 1.82) is 0 Å². The predicted molar refractivity (Wildman–Crippen MR) is 228 cm³/mol. The number of amides is 1. The fourth-order valence-corrected chi connectivity index (χ4v) is 6.61. The summed E-state index contributed by atoms with van der Waals surface area (Å²) < 4.78 is 0. The maximum absolute atomic E-state index is 12.5. The van der Waals surface area contributed by atoms with Crippen LogP contribution in [0.3, 0.4) is 0 Å². The Kier molecular flexibility index (Phi) is 40.1. The molecule has 310 valence electrons. The molecule has 0 radical (unpaired) electrons. The molecule has 4 atom stereocenters. The van der Waals surface area contributed by atoms with Gasteiger partial charge in [0.15, 0.2) is 0 Å². The van der Waals surface area contributed by atoms with Crippen molar-refractivity contribution < 1.29 is 25.2 Å². The van der Waals surface area contributed by atoms with Gasteiger partial charge in [-0.05, 0) is 89.9 Å². The van der Waals surface area contributed by atoms with Gasteiger partial charge in [-0.25, -0.2) is 0 Å². The second-order valence-corrected chi connectivity index (χ2v) is 15.4. The Morgan fingerprint density at radius 1 is 0.453 bits per heavy atom. The second-order valence-electron chi connectivity index (χ2n) is 15.4. The van der Waals surface area contributed by atoms with Crippen LogP contribution in [0.15, 0.2) is 48.6 Å². The fourth-order valence-electron chi connectivity index (χ4n) is 6.61. The van der Waals surface area contributed by atoms with Crippen molar-refractivity contribution >= 4 is 5.91 Å². The largest absolute Gasteiger partial charge is 0.394 e. The van der Waals surface area contributed by atoms with E-state index >= 15 is 0 Å². The van der Waals surface area contributed by atoms with Crippen molar-refractivity contribution in [2.45, 2.75) is 237 Å². The molecule has 0 heterocycles. The molecule has 1 amide bonds. The molecule has 0 fully saturated rings. The van der Waals surface area contributed by atoms with Crippen molar-refractivity contribution in [3.63, 3.8) is 0 Å². The van der Waals surface area contributed by atoms with Crippen LogP contribution in [0.4, 0.5) is 0 Å². The molecule has 0 spiro atoms. The molecule has 6 nitrogen and oxygen atoms in total. The zero-order valence-corrected chi connectivity index (χ0v) is 34.8. The van der Waals surface area contributed by atoms with Crippen molar-refractivity contribution in [1.82, 2.24) is 5.32 Å². The van der Waals surface area contributed by atoms with Crippen LogP contribution in [0.5, 0.6) is 0 Å². The smallest absolute Gasteiger partial charge is 0.249 e. The van der Waals surface area contributed by atoms with Crippen LogP contribution < -0.4 is 5.32 Å². The van der Waals surface area contributed by atoms with E-state index in [4.69, 9.17) is 0 Å². The topological polar surface area (TPSA) is 110 Å². The molecule has 0 aromatic carbocycles. The summed E-state index contributed by atoms with van der Waals surface area (Å²) in [5.74, 6) is -0.606. The molecule has 0 aliphatic carbocycles. The van der Waals surface area contributed by atoms with Crippen LogP contribution >= 0.6 is 0 Å². The number of allylic oxidation sites excluding steroid dienone is 8. The Morgan fingerprint density at radius 2 is 0.792 bits per heavy atom. The first-order chi connectivity index (χ1) is 26.0. The summed E-state index contributed by atoms with van der Waals surface area (Å²) in [6.07, 6.45) is 50.0. The van der Waals surface area contributed by atoms with Gasteiger partial charge in [-0.15, -0.1) is 0 Å². The number of rotatable bonds is 40. The highest BCUT2D eigenvalue weighted by molar-refractivity contribution is 5.80. The third-order valence-corrected chi connectivity index (χ3v) is 10.2. The normalized spacial score (nSPS) is 14.6. The first kappa shape index (κ1) is 51.3. The van der Waals surface area contributed by atoms with Crippen LogP contribution in [-0.2, 0) is 4.79 Å². The number of unbranched alkanes of at least 4 members (excludes halogenated alkanes) is 23.